The maximum Gasteiger partial charge on any atom is 0.192 e. The summed E-state index contributed by atoms with van der Waals surface area (Å²) in [6, 6.07) is 9.32. The van der Waals surface area contributed by atoms with Gasteiger partial charge in [-0.15, -0.1) is 0 Å². The molecule has 4 nitrogen and oxygen atoms in total. The summed E-state index contributed by atoms with van der Waals surface area (Å²) in [5.74, 6) is 1.35. The molecule has 0 bridgehead atoms. The highest BCUT2D eigenvalue weighted by Crippen LogP contribution is 2.22. The molecule has 21 heavy (non-hydrogen) atoms. The van der Waals surface area contributed by atoms with Crippen LogP contribution in [-0.2, 0) is 9.63 Å². The lowest BCUT2D eigenvalue weighted by Gasteiger charge is -2.07. The third-order valence-electron chi connectivity index (χ3n) is 3.05. The van der Waals surface area contributed by atoms with E-state index in [4.69, 9.17) is 10.1 Å². The van der Waals surface area contributed by atoms with E-state index < -0.39 is 0 Å². The number of rotatable bonds is 5. The number of benzene rings is 1. The molecular weight excluding hydrogens is 284 g/mol. The smallest absolute Gasteiger partial charge is 0.192 e. The molecule has 1 heterocycles. The molecule has 0 fully saturated rings. The highest BCUT2D eigenvalue weighted by Gasteiger charge is 2.24. The molecule has 2 rings (SSSR count). The number of thioether (sulfide) groups is 1. The van der Waals surface area contributed by atoms with E-state index in [2.05, 4.69) is 25.1 Å². The molecule has 1 aromatic rings. The molecule has 0 unspecified atom stereocenters. The molecule has 0 N–H and O–H groups in total. The van der Waals surface area contributed by atoms with Gasteiger partial charge in [-0.05, 0) is 23.6 Å². The Morgan fingerprint density at radius 3 is 2.81 bits per heavy atom. The molecule has 0 aliphatic carbocycles. The summed E-state index contributed by atoms with van der Waals surface area (Å²) in [7, 11) is 0. The van der Waals surface area contributed by atoms with Gasteiger partial charge in [0.05, 0.1) is 23.8 Å². The molecule has 1 aliphatic heterocycles. The summed E-state index contributed by atoms with van der Waals surface area (Å²) >= 11 is 1.37. The zero-order valence-corrected chi connectivity index (χ0v) is 13.0. The maximum atomic E-state index is 11.8. The number of hydrogen-bond acceptors (Lipinski definition) is 5. The van der Waals surface area contributed by atoms with Gasteiger partial charge in [0, 0.05) is 12.2 Å². The summed E-state index contributed by atoms with van der Waals surface area (Å²) in [5.41, 5.74) is 2.40. The fraction of sp³-hybridized carbons (Fsp3) is 0.438. The van der Waals surface area contributed by atoms with Crippen LogP contribution in [0.3, 0.4) is 0 Å². The minimum Gasteiger partial charge on any atom is -0.391 e. The van der Waals surface area contributed by atoms with Crippen molar-refractivity contribution in [1.29, 1.82) is 5.26 Å². The maximum absolute atomic E-state index is 11.8. The first-order valence-corrected chi connectivity index (χ1v) is 7.96. The number of nitriles is 1. The van der Waals surface area contributed by atoms with E-state index in [0.717, 1.165) is 17.0 Å². The van der Waals surface area contributed by atoms with Crippen molar-refractivity contribution < 1.29 is 9.63 Å². The normalized spacial score (nSPS) is 17.2. The van der Waals surface area contributed by atoms with Crippen molar-refractivity contribution in [2.24, 2.45) is 11.1 Å². The Kier molecular flexibility index (Phi) is 5.40. The van der Waals surface area contributed by atoms with Crippen LogP contribution in [0.1, 0.15) is 37.8 Å². The van der Waals surface area contributed by atoms with E-state index in [9.17, 15) is 4.79 Å². The number of carbonyl (C=O) groups excluding carboxylic acids is 1. The molecular formula is C16H18N2O2S. The third-order valence-corrected chi connectivity index (χ3v) is 4.37. The van der Waals surface area contributed by atoms with Crippen LogP contribution in [0, 0.1) is 17.2 Å². The minimum absolute atomic E-state index is 0.157. The Bertz CT molecular complexity index is 573. The molecule has 0 saturated carbocycles. The predicted octanol–water partition coefficient (Wildman–Crippen LogP) is 3.36. The molecule has 0 spiro atoms. The highest BCUT2D eigenvalue weighted by atomic mass is 32.2. The topological polar surface area (TPSA) is 62.5 Å². The standard InChI is InChI=1S/C16H18N2O2S/c1-11(2)10-21-16(19)8-14-7-15(18-20-14)13-5-3-12(9-17)4-6-13/h3-6,11,14H,7-8,10H2,1-2H3/t14-/m1/s1. The van der Waals surface area contributed by atoms with Crippen LogP contribution in [0.5, 0.6) is 0 Å². The number of nitrogens with zero attached hydrogens (tertiary/aromatic N) is 2. The third kappa shape index (κ3) is 4.61. The first-order chi connectivity index (χ1) is 10.1. The van der Waals surface area contributed by atoms with Gasteiger partial charge in [-0.3, -0.25) is 4.79 Å². The summed E-state index contributed by atoms with van der Waals surface area (Å²) in [6.07, 6.45) is 0.864. The molecule has 0 saturated heterocycles. The van der Waals surface area contributed by atoms with Crippen LogP contribution >= 0.6 is 11.8 Å². The van der Waals surface area contributed by atoms with Gasteiger partial charge in [0.25, 0.3) is 0 Å². The second-order valence-electron chi connectivity index (χ2n) is 5.44. The van der Waals surface area contributed by atoms with Gasteiger partial charge in [-0.2, -0.15) is 5.26 Å². The van der Waals surface area contributed by atoms with Crippen LogP contribution in [0.25, 0.3) is 0 Å². The fourth-order valence-corrected chi connectivity index (χ4v) is 2.77. The number of oxime groups is 1. The quantitative estimate of drug-likeness (QED) is 0.836. The average Bonchev–Trinajstić information content (AvgIpc) is 2.93. The molecule has 5 heteroatoms. The first-order valence-electron chi connectivity index (χ1n) is 6.97. The molecule has 1 aromatic carbocycles. The van der Waals surface area contributed by atoms with Gasteiger partial charge in [0.15, 0.2) is 5.12 Å². The van der Waals surface area contributed by atoms with Crippen molar-refractivity contribution in [3.05, 3.63) is 35.4 Å². The van der Waals surface area contributed by atoms with E-state index in [1.807, 2.05) is 12.1 Å². The van der Waals surface area contributed by atoms with Gasteiger partial charge >= 0.3 is 0 Å². The minimum atomic E-state index is -0.164. The highest BCUT2D eigenvalue weighted by molar-refractivity contribution is 8.13. The van der Waals surface area contributed by atoms with Crippen molar-refractivity contribution >= 4 is 22.6 Å². The lowest BCUT2D eigenvalue weighted by atomic mass is 10.0. The van der Waals surface area contributed by atoms with Gasteiger partial charge in [0.1, 0.15) is 6.10 Å². The number of hydrogen-bond donors (Lipinski definition) is 0. The predicted molar refractivity (Wildman–Crippen MR) is 84.1 cm³/mol. The summed E-state index contributed by atoms with van der Waals surface area (Å²) < 4.78 is 0. The fourth-order valence-electron chi connectivity index (χ4n) is 1.95. The second-order valence-corrected chi connectivity index (χ2v) is 6.52. The molecule has 1 atom stereocenters. The molecule has 110 valence electrons. The Labute approximate surface area is 129 Å². The van der Waals surface area contributed by atoms with E-state index in [1.54, 1.807) is 12.1 Å². The summed E-state index contributed by atoms with van der Waals surface area (Å²) in [5, 5.41) is 13.0. The SMILES string of the molecule is CC(C)CSC(=O)C[C@H]1CC(c2ccc(C#N)cc2)=NO1. The van der Waals surface area contributed by atoms with Crippen LogP contribution in [0.15, 0.2) is 29.4 Å². The van der Waals surface area contributed by atoms with E-state index >= 15 is 0 Å². The van der Waals surface area contributed by atoms with E-state index in [0.29, 0.717) is 24.3 Å². The van der Waals surface area contributed by atoms with Crippen molar-refractivity contribution in [2.75, 3.05) is 5.75 Å². The number of carbonyl (C=O) groups is 1. The molecule has 1 aliphatic rings. The molecule has 0 amide bonds. The average molecular weight is 302 g/mol. The largest absolute Gasteiger partial charge is 0.391 e. The van der Waals surface area contributed by atoms with Crippen LogP contribution in [0.2, 0.25) is 0 Å². The van der Waals surface area contributed by atoms with Crippen molar-refractivity contribution in [3.8, 4) is 6.07 Å². The van der Waals surface area contributed by atoms with Gasteiger partial charge in [-0.1, -0.05) is 42.9 Å². The van der Waals surface area contributed by atoms with E-state index in [-0.39, 0.29) is 11.2 Å². The zero-order chi connectivity index (χ0) is 15.2. The van der Waals surface area contributed by atoms with Crippen LogP contribution in [-0.4, -0.2) is 22.7 Å². The van der Waals surface area contributed by atoms with Gasteiger partial charge in [-0.25, -0.2) is 0 Å². The Hall–Kier alpha value is -1.80. The second kappa shape index (κ2) is 7.28. The summed E-state index contributed by atoms with van der Waals surface area (Å²) in [6.45, 7) is 4.19. The lowest BCUT2D eigenvalue weighted by Crippen LogP contribution is -2.13. The Balaban J connectivity index is 1.85. The monoisotopic (exact) mass is 302 g/mol. The van der Waals surface area contributed by atoms with Crippen molar-refractivity contribution in [2.45, 2.75) is 32.8 Å². The zero-order valence-electron chi connectivity index (χ0n) is 12.2. The van der Waals surface area contributed by atoms with Crippen LogP contribution in [0.4, 0.5) is 0 Å². The van der Waals surface area contributed by atoms with Crippen molar-refractivity contribution in [3.63, 3.8) is 0 Å². The van der Waals surface area contributed by atoms with Gasteiger partial charge < -0.3 is 4.84 Å². The molecule has 0 aromatic heterocycles. The van der Waals surface area contributed by atoms with Crippen LogP contribution < -0.4 is 0 Å². The van der Waals surface area contributed by atoms with Gasteiger partial charge in [0.2, 0.25) is 0 Å². The summed E-state index contributed by atoms with van der Waals surface area (Å²) in [4.78, 5) is 17.2. The first kappa shape index (κ1) is 15.6. The molecule has 0 radical (unpaired) electrons. The van der Waals surface area contributed by atoms with E-state index in [1.165, 1.54) is 11.8 Å². The lowest BCUT2D eigenvalue weighted by molar-refractivity contribution is -0.113. The van der Waals surface area contributed by atoms with Crippen molar-refractivity contribution in [1.82, 2.24) is 0 Å². The Morgan fingerprint density at radius 2 is 2.19 bits per heavy atom. The Morgan fingerprint density at radius 1 is 1.48 bits per heavy atom.